The second-order valence-corrected chi connectivity index (χ2v) is 5.54. The first-order valence-electron chi connectivity index (χ1n) is 5.43. The van der Waals surface area contributed by atoms with Crippen LogP contribution in [0.3, 0.4) is 0 Å². The van der Waals surface area contributed by atoms with E-state index in [9.17, 15) is 9.59 Å². The summed E-state index contributed by atoms with van der Waals surface area (Å²) in [6.45, 7) is 0. The minimum Gasteiger partial charge on any atom is -0.478 e. The van der Waals surface area contributed by atoms with Crippen LogP contribution in [-0.4, -0.2) is 22.0 Å². The Hall–Kier alpha value is -1.73. The van der Waals surface area contributed by atoms with Crippen LogP contribution in [0.25, 0.3) is 0 Å². The number of halogens is 2. The van der Waals surface area contributed by atoms with Gasteiger partial charge in [-0.2, -0.15) is 0 Å². The van der Waals surface area contributed by atoms with Gasteiger partial charge in [-0.25, -0.2) is 9.78 Å². The van der Waals surface area contributed by atoms with Gasteiger partial charge >= 0.3 is 5.97 Å². The van der Waals surface area contributed by atoms with Crippen LogP contribution < -0.4 is 5.32 Å². The second-order valence-electron chi connectivity index (χ2n) is 3.82. The SMILES string of the molecule is O=C(Nc1ccc(Br)cc1C(=O)O)c1ccnc(Br)c1. The number of rotatable bonds is 3. The van der Waals surface area contributed by atoms with Crippen LogP contribution >= 0.6 is 31.9 Å². The number of carboxylic acids is 1. The van der Waals surface area contributed by atoms with Gasteiger partial charge in [0.1, 0.15) is 4.60 Å². The zero-order valence-electron chi connectivity index (χ0n) is 9.93. The number of amides is 1. The second kappa shape index (κ2) is 6.15. The number of aromatic nitrogens is 1. The van der Waals surface area contributed by atoms with Crippen molar-refractivity contribution in [2.24, 2.45) is 0 Å². The van der Waals surface area contributed by atoms with Crippen LogP contribution in [0.2, 0.25) is 0 Å². The van der Waals surface area contributed by atoms with Crippen molar-refractivity contribution < 1.29 is 14.7 Å². The molecule has 0 radical (unpaired) electrons. The van der Waals surface area contributed by atoms with Gasteiger partial charge in [0.05, 0.1) is 11.3 Å². The first-order chi connectivity index (χ1) is 9.47. The minimum atomic E-state index is -1.11. The number of hydrogen-bond acceptors (Lipinski definition) is 3. The normalized spacial score (nSPS) is 10.1. The van der Waals surface area contributed by atoms with Gasteiger partial charge in [-0.1, -0.05) is 15.9 Å². The molecule has 1 aromatic heterocycles. The van der Waals surface area contributed by atoms with Crippen molar-refractivity contribution in [1.82, 2.24) is 4.98 Å². The molecular weight excluding hydrogens is 392 g/mol. The third kappa shape index (κ3) is 3.43. The van der Waals surface area contributed by atoms with E-state index in [1.165, 1.54) is 18.3 Å². The number of nitrogens with zero attached hydrogens (tertiary/aromatic N) is 1. The van der Waals surface area contributed by atoms with E-state index >= 15 is 0 Å². The third-order valence-electron chi connectivity index (χ3n) is 2.45. The molecule has 0 unspecified atom stereocenters. The molecule has 0 bridgehead atoms. The van der Waals surface area contributed by atoms with Gasteiger partial charge in [0.25, 0.3) is 5.91 Å². The summed E-state index contributed by atoms with van der Waals surface area (Å²) in [5, 5.41) is 11.7. The molecule has 7 heteroatoms. The van der Waals surface area contributed by atoms with Crippen LogP contribution in [0.5, 0.6) is 0 Å². The molecule has 0 aliphatic heterocycles. The van der Waals surface area contributed by atoms with E-state index in [4.69, 9.17) is 5.11 Å². The molecule has 0 fully saturated rings. The standard InChI is InChI=1S/C13H8Br2N2O3/c14-8-1-2-10(9(6-8)13(19)20)17-12(18)7-3-4-16-11(15)5-7/h1-6H,(H,17,18)(H,19,20). The van der Waals surface area contributed by atoms with Crippen molar-refractivity contribution in [3.63, 3.8) is 0 Å². The van der Waals surface area contributed by atoms with E-state index in [1.807, 2.05) is 0 Å². The Bertz CT molecular complexity index is 689. The fourth-order valence-electron chi connectivity index (χ4n) is 1.54. The molecule has 20 heavy (non-hydrogen) atoms. The first-order valence-corrected chi connectivity index (χ1v) is 7.02. The maximum Gasteiger partial charge on any atom is 0.337 e. The molecule has 0 spiro atoms. The molecular formula is C13H8Br2N2O3. The van der Waals surface area contributed by atoms with Crippen LogP contribution in [0, 0.1) is 0 Å². The van der Waals surface area contributed by atoms with Gasteiger partial charge in [0.2, 0.25) is 0 Å². The van der Waals surface area contributed by atoms with Crippen molar-refractivity contribution in [2.45, 2.75) is 0 Å². The van der Waals surface area contributed by atoms with Crippen molar-refractivity contribution >= 4 is 49.4 Å². The summed E-state index contributed by atoms with van der Waals surface area (Å²) < 4.78 is 1.15. The van der Waals surface area contributed by atoms with E-state index in [0.29, 0.717) is 14.6 Å². The molecule has 102 valence electrons. The first kappa shape index (κ1) is 14.7. The predicted octanol–water partition coefficient (Wildman–Crippen LogP) is 3.56. The van der Waals surface area contributed by atoms with Crippen molar-refractivity contribution in [2.75, 3.05) is 5.32 Å². The van der Waals surface area contributed by atoms with E-state index in [2.05, 4.69) is 42.2 Å². The summed E-state index contributed by atoms with van der Waals surface area (Å²) in [6, 6.07) is 7.71. The van der Waals surface area contributed by atoms with E-state index in [-0.39, 0.29) is 11.3 Å². The highest BCUT2D eigenvalue weighted by molar-refractivity contribution is 9.10. The van der Waals surface area contributed by atoms with Crippen LogP contribution in [0.1, 0.15) is 20.7 Å². The average Bonchev–Trinajstić information content (AvgIpc) is 2.40. The van der Waals surface area contributed by atoms with E-state index < -0.39 is 11.9 Å². The highest BCUT2D eigenvalue weighted by Gasteiger charge is 2.14. The van der Waals surface area contributed by atoms with Gasteiger partial charge in [0, 0.05) is 16.2 Å². The Morgan fingerprint density at radius 1 is 1.15 bits per heavy atom. The lowest BCUT2D eigenvalue weighted by molar-refractivity contribution is 0.0698. The summed E-state index contributed by atoms with van der Waals surface area (Å²) in [7, 11) is 0. The zero-order chi connectivity index (χ0) is 14.7. The Morgan fingerprint density at radius 2 is 1.90 bits per heavy atom. The monoisotopic (exact) mass is 398 g/mol. The highest BCUT2D eigenvalue weighted by Crippen LogP contribution is 2.22. The molecule has 0 aliphatic carbocycles. The molecule has 0 saturated carbocycles. The summed E-state index contributed by atoms with van der Waals surface area (Å²) in [5.74, 6) is -1.52. The molecule has 2 N–H and O–H groups in total. The smallest absolute Gasteiger partial charge is 0.337 e. The summed E-state index contributed by atoms with van der Waals surface area (Å²) in [4.78, 5) is 27.1. The van der Waals surface area contributed by atoms with Crippen LogP contribution in [0.15, 0.2) is 45.6 Å². The molecule has 0 saturated heterocycles. The quantitative estimate of drug-likeness (QED) is 0.773. The molecule has 0 atom stereocenters. The van der Waals surface area contributed by atoms with Gasteiger partial charge in [-0.15, -0.1) is 0 Å². The molecule has 2 aromatic rings. The van der Waals surface area contributed by atoms with Crippen molar-refractivity contribution in [1.29, 1.82) is 0 Å². The number of benzene rings is 1. The number of carbonyl (C=O) groups excluding carboxylic acids is 1. The van der Waals surface area contributed by atoms with Gasteiger partial charge in [-0.3, -0.25) is 4.79 Å². The van der Waals surface area contributed by atoms with E-state index in [0.717, 1.165) is 0 Å². The lowest BCUT2D eigenvalue weighted by Crippen LogP contribution is -2.15. The number of anilines is 1. The van der Waals surface area contributed by atoms with Crippen molar-refractivity contribution in [3.8, 4) is 0 Å². The summed E-state index contributed by atoms with van der Waals surface area (Å²) >= 11 is 6.37. The fourth-order valence-corrected chi connectivity index (χ4v) is 2.27. The van der Waals surface area contributed by atoms with E-state index in [1.54, 1.807) is 18.2 Å². The molecule has 5 nitrogen and oxygen atoms in total. The lowest BCUT2D eigenvalue weighted by atomic mass is 10.1. The molecule has 1 amide bonds. The van der Waals surface area contributed by atoms with Crippen LogP contribution in [0.4, 0.5) is 5.69 Å². The maximum atomic E-state index is 12.1. The Balaban J connectivity index is 2.30. The number of carbonyl (C=O) groups is 2. The Morgan fingerprint density at radius 3 is 2.55 bits per heavy atom. The summed E-state index contributed by atoms with van der Waals surface area (Å²) in [6.07, 6.45) is 1.48. The van der Waals surface area contributed by atoms with Gasteiger partial charge in [-0.05, 0) is 46.3 Å². The van der Waals surface area contributed by atoms with Gasteiger partial charge < -0.3 is 10.4 Å². The molecule has 2 rings (SSSR count). The number of nitrogens with one attached hydrogen (secondary N) is 1. The largest absolute Gasteiger partial charge is 0.478 e. The number of carboxylic acid groups (broad SMARTS) is 1. The number of aromatic carboxylic acids is 1. The Labute approximate surface area is 131 Å². The average molecular weight is 400 g/mol. The molecule has 1 aromatic carbocycles. The fraction of sp³-hybridized carbons (Fsp3) is 0. The van der Waals surface area contributed by atoms with Crippen molar-refractivity contribution in [3.05, 3.63) is 56.7 Å². The minimum absolute atomic E-state index is 0.0147. The topological polar surface area (TPSA) is 79.3 Å². The number of hydrogen-bond donors (Lipinski definition) is 2. The molecule has 1 heterocycles. The maximum absolute atomic E-state index is 12.1. The predicted molar refractivity (Wildman–Crippen MR) is 81.0 cm³/mol. The zero-order valence-corrected chi connectivity index (χ0v) is 13.1. The lowest BCUT2D eigenvalue weighted by Gasteiger charge is -2.09. The van der Waals surface area contributed by atoms with Crippen LogP contribution in [-0.2, 0) is 0 Å². The molecule has 0 aliphatic rings. The highest BCUT2D eigenvalue weighted by atomic mass is 79.9. The number of pyridine rings is 1. The third-order valence-corrected chi connectivity index (χ3v) is 3.38. The van der Waals surface area contributed by atoms with Gasteiger partial charge in [0.15, 0.2) is 0 Å². The summed E-state index contributed by atoms with van der Waals surface area (Å²) in [5.41, 5.74) is 0.630. The Kier molecular flexibility index (Phi) is 4.51.